The lowest BCUT2D eigenvalue weighted by Gasteiger charge is -2.15. The second-order valence-corrected chi connectivity index (χ2v) is 23.9. The van der Waals surface area contributed by atoms with Crippen molar-refractivity contribution in [3.8, 4) is 0 Å². The van der Waals surface area contributed by atoms with Crippen LogP contribution in [0.3, 0.4) is 0 Å². The number of unbranched alkanes of at least 4 members (excludes halogenated alkanes) is 30. The van der Waals surface area contributed by atoms with Crippen molar-refractivity contribution in [2.24, 2.45) is 0 Å². The van der Waals surface area contributed by atoms with Gasteiger partial charge in [-0.2, -0.15) is 0 Å². The maximum atomic E-state index is 12.4. The maximum absolute atomic E-state index is 12.4. The molecule has 1 unspecified atom stereocenters. The minimum atomic E-state index is -0.803. The van der Waals surface area contributed by atoms with Gasteiger partial charge in [-0.1, -0.05) is 344 Å². The molecule has 1 N–H and O–H groups in total. The van der Waals surface area contributed by atoms with E-state index in [4.69, 9.17) is 9.47 Å². The van der Waals surface area contributed by atoms with Gasteiger partial charge in [-0.05, 0) is 135 Å². The summed E-state index contributed by atoms with van der Waals surface area (Å²) in [6.45, 7) is 4.00. The molecular formula is C83H136O5. The van der Waals surface area contributed by atoms with Gasteiger partial charge in [-0.15, -0.1) is 0 Å². The van der Waals surface area contributed by atoms with Crippen molar-refractivity contribution >= 4 is 11.9 Å². The third-order valence-corrected chi connectivity index (χ3v) is 15.5. The quantitative estimate of drug-likeness (QED) is 0.0373. The van der Waals surface area contributed by atoms with Crippen LogP contribution in [-0.2, 0) is 19.1 Å². The molecule has 88 heavy (non-hydrogen) atoms. The van der Waals surface area contributed by atoms with Gasteiger partial charge in [0.1, 0.15) is 6.61 Å². The summed E-state index contributed by atoms with van der Waals surface area (Å²) in [5.41, 5.74) is 0. The molecule has 0 rings (SSSR count). The number of rotatable bonds is 66. The SMILES string of the molecule is CC/C=C\C/C=C\C/C=C\C/C=C\C/C=C\C/C=C\C/C=C\C/C=C\C/C=C\C/C=C\C/C=C\CCCCCC(=O)OC(CO)COC(=O)CCCCCCCCCCCCCCCCCCCCCCCC/C=C\C/C=C\C/C=C\CCCCCCC. The fraction of sp³-hybridized carbons (Fsp3) is 0.639. The van der Waals surface area contributed by atoms with Crippen LogP contribution in [0.2, 0.25) is 0 Å². The van der Waals surface area contributed by atoms with Crippen LogP contribution in [-0.4, -0.2) is 36.4 Å². The fourth-order valence-corrected chi connectivity index (χ4v) is 10.0. The smallest absolute Gasteiger partial charge is 0.306 e. The first-order valence-electron chi connectivity index (χ1n) is 36.7. The summed E-state index contributed by atoms with van der Waals surface area (Å²) < 4.78 is 10.7. The van der Waals surface area contributed by atoms with E-state index >= 15 is 0 Å². The van der Waals surface area contributed by atoms with Gasteiger partial charge in [-0.3, -0.25) is 9.59 Å². The van der Waals surface area contributed by atoms with Gasteiger partial charge in [0.2, 0.25) is 0 Å². The predicted molar refractivity (Wildman–Crippen MR) is 389 cm³/mol. The Morgan fingerprint density at radius 1 is 0.273 bits per heavy atom. The lowest BCUT2D eigenvalue weighted by Crippen LogP contribution is -2.28. The first kappa shape index (κ1) is 83.3. The Labute approximate surface area is 544 Å². The molecule has 0 amide bonds. The van der Waals surface area contributed by atoms with Crippen LogP contribution in [0.4, 0.5) is 0 Å². The zero-order chi connectivity index (χ0) is 63.3. The molecule has 0 radical (unpaired) electrons. The number of carbonyl (C=O) groups is 2. The summed E-state index contributed by atoms with van der Waals surface area (Å²) in [4.78, 5) is 24.7. The van der Waals surface area contributed by atoms with Crippen molar-refractivity contribution in [3.05, 3.63) is 170 Å². The number of aliphatic hydroxyl groups excluding tert-OH is 1. The summed E-state index contributed by atoms with van der Waals surface area (Å²) >= 11 is 0. The molecule has 5 nitrogen and oxygen atoms in total. The van der Waals surface area contributed by atoms with Crippen LogP contribution in [0.1, 0.15) is 322 Å². The number of aliphatic hydroxyl groups is 1. The molecule has 0 aliphatic rings. The predicted octanol–water partition coefficient (Wildman–Crippen LogP) is 26.0. The number of carbonyl (C=O) groups excluding carboxylic acids is 2. The molecule has 0 heterocycles. The van der Waals surface area contributed by atoms with Gasteiger partial charge in [-0.25, -0.2) is 0 Å². The largest absolute Gasteiger partial charge is 0.462 e. The zero-order valence-corrected chi connectivity index (χ0v) is 57.2. The molecule has 0 bridgehead atoms. The normalized spacial score (nSPS) is 13.3. The Bertz CT molecular complexity index is 1910. The number of ether oxygens (including phenoxy) is 2. The molecule has 0 aliphatic carbocycles. The average molecular weight is 1210 g/mol. The third kappa shape index (κ3) is 73.7. The second-order valence-electron chi connectivity index (χ2n) is 23.9. The Morgan fingerprint density at radius 3 is 0.750 bits per heavy atom. The second kappa shape index (κ2) is 76.5. The van der Waals surface area contributed by atoms with Gasteiger partial charge in [0.25, 0.3) is 0 Å². The highest BCUT2D eigenvalue weighted by atomic mass is 16.6. The molecule has 0 aromatic rings. The van der Waals surface area contributed by atoms with Crippen molar-refractivity contribution in [2.45, 2.75) is 328 Å². The Hall–Kier alpha value is -4.74. The Balaban J connectivity index is 3.57. The van der Waals surface area contributed by atoms with Crippen molar-refractivity contribution in [1.82, 2.24) is 0 Å². The van der Waals surface area contributed by atoms with E-state index in [0.717, 1.165) is 128 Å². The molecule has 0 spiro atoms. The van der Waals surface area contributed by atoms with Crippen LogP contribution >= 0.6 is 0 Å². The van der Waals surface area contributed by atoms with E-state index in [0.29, 0.717) is 12.8 Å². The lowest BCUT2D eigenvalue weighted by molar-refractivity contribution is -0.161. The minimum Gasteiger partial charge on any atom is -0.462 e. The van der Waals surface area contributed by atoms with E-state index in [1.165, 1.54) is 167 Å². The lowest BCUT2D eigenvalue weighted by atomic mass is 10.0. The standard InChI is InChI=1S/C83H136O5/c1-3-5-7-9-11-13-15-17-19-21-23-25-27-29-31-33-35-37-39-41-43-45-47-49-51-53-55-57-59-61-63-65-67-69-71-73-75-77-82(85)87-80-81(79-84)88-83(86)78-76-74-72-70-68-66-64-62-60-58-56-54-52-50-48-46-44-42-40-38-36-34-32-30-28-26-24-22-20-18-16-14-12-10-8-6-4-2/h6,8,12,14-15,17-18,20-21,23-24,26-27,29-30,32,36,38,42,44,48,50,54,56,60,62,66,68,81,84H,3-5,7,9-11,13,16,19,22,25,28,31,33-35,37,39-41,43,45-47,49,51-53,55,57-59,61,63-65,67,69-80H2,1-2H3/b8-6-,14-12-,17-15-,20-18-,23-21-,26-24-,29-27-,32-30-,38-36-,44-42-,50-48-,56-54-,62-60-,68-66-. The number of allylic oxidation sites excluding steroid dienone is 28. The first-order valence-corrected chi connectivity index (χ1v) is 36.7. The van der Waals surface area contributed by atoms with Gasteiger partial charge < -0.3 is 14.6 Å². The molecular weight excluding hydrogens is 1080 g/mol. The fourth-order valence-electron chi connectivity index (χ4n) is 10.0. The molecule has 1 atom stereocenters. The van der Waals surface area contributed by atoms with E-state index in [1.807, 2.05) is 0 Å². The topological polar surface area (TPSA) is 72.8 Å². The molecule has 0 aliphatic heterocycles. The van der Waals surface area contributed by atoms with Crippen molar-refractivity contribution in [3.63, 3.8) is 0 Å². The monoisotopic (exact) mass is 1210 g/mol. The number of hydrogen-bond donors (Lipinski definition) is 1. The van der Waals surface area contributed by atoms with Gasteiger partial charge in [0, 0.05) is 12.8 Å². The van der Waals surface area contributed by atoms with E-state index in [2.05, 4.69) is 184 Å². The van der Waals surface area contributed by atoms with Crippen molar-refractivity contribution in [1.29, 1.82) is 0 Å². The van der Waals surface area contributed by atoms with Crippen LogP contribution < -0.4 is 0 Å². The highest BCUT2D eigenvalue weighted by molar-refractivity contribution is 5.70. The minimum absolute atomic E-state index is 0.0870. The van der Waals surface area contributed by atoms with Gasteiger partial charge >= 0.3 is 11.9 Å². The third-order valence-electron chi connectivity index (χ3n) is 15.5. The van der Waals surface area contributed by atoms with Crippen LogP contribution in [0.25, 0.3) is 0 Å². The number of esters is 2. The molecule has 0 saturated carbocycles. The Morgan fingerprint density at radius 2 is 0.489 bits per heavy atom. The van der Waals surface area contributed by atoms with Crippen LogP contribution in [0, 0.1) is 0 Å². The summed E-state index contributed by atoms with van der Waals surface area (Å²) in [7, 11) is 0. The first-order chi connectivity index (χ1) is 43.6. The number of hydrogen-bond acceptors (Lipinski definition) is 5. The maximum Gasteiger partial charge on any atom is 0.306 e. The molecule has 0 fully saturated rings. The molecule has 498 valence electrons. The highest BCUT2D eigenvalue weighted by Gasteiger charge is 2.16. The van der Waals surface area contributed by atoms with Crippen molar-refractivity contribution in [2.75, 3.05) is 13.2 Å². The van der Waals surface area contributed by atoms with Crippen LogP contribution in [0.15, 0.2) is 170 Å². The average Bonchev–Trinajstić information content (AvgIpc) is 3.55. The molecule has 5 heteroatoms. The van der Waals surface area contributed by atoms with Crippen molar-refractivity contribution < 1.29 is 24.2 Å². The highest BCUT2D eigenvalue weighted by Crippen LogP contribution is 2.17. The van der Waals surface area contributed by atoms with E-state index in [1.54, 1.807) is 0 Å². The summed E-state index contributed by atoms with van der Waals surface area (Å²) in [6.07, 6.45) is 118. The molecule has 0 aromatic heterocycles. The molecule has 0 saturated heterocycles. The van der Waals surface area contributed by atoms with E-state index in [9.17, 15) is 14.7 Å². The Kier molecular flexibility index (Phi) is 72.4. The summed E-state index contributed by atoms with van der Waals surface area (Å²) in [6, 6.07) is 0. The van der Waals surface area contributed by atoms with Crippen LogP contribution in [0.5, 0.6) is 0 Å². The summed E-state index contributed by atoms with van der Waals surface area (Å²) in [5.74, 6) is -0.630. The molecule has 0 aromatic carbocycles. The zero-order valence-electron chi connectivity index (χ0n) is 57.2. The summed E-state index contributed by atoms with van der Waals surface area (Å²) in [5, 5.41) is 9.70. The van der Waals surface area contributed by atoms with E-state index < -0.39 is 6.10 Å². The van der Waals surface area contributed by atoms with E-state index in [-0.39, 0.29) is 25.2 Å². The van der Waals surface area contributed by atoms with Gasteiger partial charge in [0.05, 0.1) is 6.61 Å². The van der Waals surface area contributed by atoms with Gasteiger partial charge in [0.15, 0.2) is 6.10 Å².